The molecule has 0 radical (unpaired) electrons. The van der Waals surface area contributed by atoms with Gasteiger partial charge in [0.05, 0.1) is 11.4 Å². The van der Waals surface area contributed by atoms with Gasteiger partial charge in [-0.05, 0) is 43.2 Å². The van der Waals surface area contributed by atoms with Crippen molar-refractivity contribution in [1.29, 1.82) is 0 Å². The van der Waals surface area contributed by atoms with Gasteiger partial charge in [-0.2, -0.15) is 0 Å². The van der Waals surface area contributed by atoms with Crippen LogP contribution in [0.25, 0.3) is 34.2 Å². The fraction of sp³-hybridized carbons (Fsp3) is 0.0606. The summed E-state index contributed by atoms with van der Waals surface area (Å²) in [6.45, 7) is 4.25. The van der Waals surface area contributed by atoms with E-state index in [9.17, 15) is 0 Å². The molecule has 0 saturated carbocycles. The van der Waals surface area contributed by atoms with Gasteiger partial charge in [-0.3, -0.25) is 0 Å². The number of rotatable bonds is 4. The molecule has 2 nitrogen and oxygen atoms in total. The molecule has 0 bridgehead atoms. The van der Waals surface area contributed by atoms with Gasteiger partial charge in [0.15, 0.2) is 0 Å². The van der Waals surface area contributed by atoms with Gasteiger partial charge >= 0.3 is 0 Å². The highest BCUT2D eigenvalue weighted by Gasteiger charge is 2.22. The molecule has 4 aromatic carbocycles. The van der Waals surface area contributed by atoms with E-state index in [1.165, 1.54) is 38.9 Å². The molecule has 0 unspecified atom stereocenters. The number of nitrogens with zero attached hydrogens (tertiary/aromatic N) is 1. The SMILES string of the molecule is Cc1ccc(C2=N/C(=C\c3[nH]c(-c4ccccc4)cc3-c3ccccc3)c3cc(C)ccc32)cc1. The average Bonchev–Trinajstić information content (AvgIpc) is 3.47. The second kappa shape index (κ2) is 8.73. The summed E-state index contributed by atoms with van der Waals surface area (Å²) in [6, 6.07) is 38.5. The van der Waals surface area contributed by atoms with E-state index in [4.69, 9.17) is 4.99 Å². The number of nitrogens with one attached hydrogen (secondary N) is 1. The number of fused-ring (bicyclic) bond motifs is 1. The van der Waals surface area contributed by atoms with E-state index in [2.05, 4.69) is 128 Å². The van der Waals surface area contributed by atoms with Gasteiger partial charge < -0.3 is 4.98 Å². The maximum atomic E-state index is 5.17. The molecule has 2 heteroatoms. The Kier molecular flexibility index (Phi) is 5.27. The largest absolute Gasteiger partial charge is 0.354 e. The number of hydrogen-bond donors (Lipinski definition) is 1. The highest BCUT2D eigenvalue weighted by atomic mass is 14.8. The lowest BCUT2D eigenvalue weighted by Gasteiger charge is -2.05. The van der Waals surface area contributed by atoms with E-state index >= 15 is 0 Å². The van der Waals surface area contributed by atoms with Crippen LogP contribution in [-0.2, 0) is 0 Å². The third-order valence-corrected chi connectivity index (χ3v) is 6.56. The molecule has 1 aromatic heterocycles. The number of aromatic amines is 1. The summed E-state index contributed by atoms with van der Waals surface area (Å²) in [6.07, 6.45) is 2.20. The Balaban J connectivity index is 1.53. The van der Waals surface area contributed by atoms with E-state index in [0.717, 1.165) is 28.4 Å². The number of aromatic nitrogens is 1. The zero-order chi connectivity index (χ0) is 23.8. The topological polar surface area (TPSA) is 28.1 Å². The molecule has 168 valence electrons. The predicted octanol–water partition coefficient (Wildman–Crippen LogP) is 8.31. The molecule has 2 heterocycles. The van der Waals surface area contributed by atoms with E-state index in [1.54, 1.807) is 0 Å². The van der Waals surface area contributed by atoms with Gasteiger partial charge in [0.1, 0.15) is 0 Å². The molecule has 0 amide bonds. The molecule has 5 aromatic rings. The van der Waals surface area contributed by atoms with Crippen LogP contribution in [0.4, 0.5) is 0 Å². The van der Waals surface area contributed by atoms with Crippen molar-refractivity contribution in [3.63, 3.8) is 0 Å². The normalized spacial score (nSPS) is 13.7. The summed E-state index contributed by atoms with van der Waals surface area (Å²) in [4.78, 5) is 8.85. The average molecular weight is 451 g/mol. The van der Waals surface area contributed by atoms with Gasteiger partial charge in [-0.25, -0.2) is 4.99 Å². The predicted molar refractivity (Wildman–Crippen MR) is 148 cm³/mol. The number of aryl methyl sites for hydroxylation is 2. The summed E-state index contributed by atoms with van der Waals surface area (Å²) in [5.74, 6) is 0. The Morgan fingerprint density at radius 2 is 1.23 bits per heavy atom. The van der Waals surface area contributed by atoms with Gasteiger partial charge in [-0.1, -0.05) is 108 Å². The second-order valence-corrected chi connectivity index (χ2v) is 9.15. The molecular formula is C33H26N2. The van der Waals surface area contributed by atoms with E-state index < -0.39 is 0 Å². The van der Waals surface area contributed by atoms with Crippen molar-refractivity contribution in [3.05, 3.63) is 143 Å². The molecule has 1 aliphatic rings. The number of aliphatic imine (C=N–C) groups is 1. The van der Waals surface area contributed by atoms with Crippen LogP contribution in [0.2, 0.25) is 0 Å². The summed E-state index contributed by atoms with van der Waals surface area (Å²) in [7, 11) is 0. The Morgan fingerprint density at radius 1 is 0.571 bits per heavy atom. The van der Waals surface area contributed by atoms with Gasteiger partial charge in [0, 0.05) is 33.6 Å². The van der Waals surface area contributed by atoms with Crippen LogP contribution in [0.3, 0.4) is 0 Å². The molecule has 0 fully saturated rings. The minimum Gasteiger partial charge on any atom is -0.354 e. The number of hydrogen-bond acceptors (Lipinski definition) is 1. The van der Waals surface area contributed by atoms with Crippen LogP contribution in [0.5, 0.6) is 0 Å². The lowest BCUT2D eigenvalue weighted by molar-refractivity contribution is 1.36. The summed E-state index contributed by atoms with van der Waals surface area (Å²) in [5.41, 5.74) is 13.7. The van der Waals surface area contributed by atoms with Crippen LogP contribution in [0.15, 0.2) is 114 Å². The highest BCUT2D eigenvalue weighted by Crippen LogP contribution is 2.37. The second-order valence-electron chi connectivity index (χ2n) is 9.15. The van der Waals surface area contributed by atoms with Crippen LogP contribution < -0.4 is 0 Å². The summed E-state index contributed by atoms with van der Waals surface area (Å²) in [5, 5.41) is 0. The first kappa shape index (κ1) is 21.1. The third kappa shape index (κ3) is 4.04. The number of benzene rings is 4. The van der Waals surface area contributed by atoms with Crippen molar-refractivity contribution in [2.24, 2.45) is 4.99 Å². The molecule has 1 N–H and O–H groups in total. The molecule has 0 atom stereocenters. The first-order valence-electron chi connectivity index (χ1n) is 12.0. The minimum atomic E-state index is 0.984. The van der Waals surface area contributed by atoms with Gasteiger partial charge in [-0.15, -0.1) is 0 Å². The summed E-state index contributed by atoms with van der Waals surface area (Å²) < 4.78 is 0. The Morgan fingerprint density at radius 3 is 1.94 bits per heavy atom. The zero-order valence-corrected chi connectivity index (χ0v) is 19.9. The first-order valence-corrected chi connectivity index (χ1v) is 12.0. The Labute approximate surface area is 206 Å². The molecule has 1 aliphatic heterocycles. The minimum absolute atomic E-state index is 0.984. The highest BCUT2D eigenvalue weighted by molar-refractivity contribution is 6.21. The third-order valence-electron chi connectivity index (χ3n) is 6.56. The number of H-pyrrole nitrogens is 1. The molecule has 0 spiro atoms. The van der Waals surface area contributed by atoms with E-state index in [1.807, 2.05) is 6.07 Å². The monoisotopic (exact) mass is 450 g/mol. The summed E-state index contributed by atoms with van der Waals surface area (Å²) >= 11 is 0. The van der Waals surface area contributed by atoms with Crippen molar-refractivity contribution >= 4 is 17.5 Å². The molecule has 0 saturated heterocycles. The van der Waals surface area contributed by atoms with Crippen molar-refractivity contribution in [1.82, 2.24) is 4.98 Å². The zero-order valence-electron chi connectivity index (χ0n) is 19.9. The fourth-order valence-electron chi connectivity index (χ4n) is 4.71. The van der Waals surface area contributed by atoms with Crippen molar-refractivity contribution < 1.29 is 0 Å². The Bertz CT molecular complexity index is 1570. The maximum absolute atomic E-state index is 5.17. The molecular weight excluding hydrogens is 424 g/mol. The van der Waals surface area contributed by atoms with Crippen LogP contribution in [0, 0.1) is 13.8 Å². The smallest absolute Gasteiger partial charge is 0.0788 e. The first-order chi connectivity index (χ1) is 17.2. The maximum Gasteiger partial charge on any atom is 0.0788 e. The van der Waals surface area contributed by atoms with E-state index in [-0.39, 0.29) is 0 Å². The van der Waals surface area contributed by atoms with Gasteiger partial charge in [0.2, 0.25) is 0 Å². The molecule has 35 heavy (non-hydrogen) atoms. The molecule has 6 rings (SSSR count). The van der Waals surface area contributed by atoms with Crippen molar-refractivity contribution in [3.8, 4) is 22.4 Å². The Hall–Kier alpha value is -4.43. The van der Waals surface area contributed by atoms with Crippen molar-refractivity contribution in [2.75, 3.05) is 0 Å². The van der Waals surface area contributed by atoms with Crippen LogP contribution in [-0.4, -0.2) is 10.7 Å². The van der Waals surface area contributed by atoms with Crippen LogP contribution >= 0.6 is 0 Å². The quantitative estimate of drug-likeness (QED) is 0.285. The lowest BCUT2D eigenvalue weighted by atomic mass is 9.96. The standard InChI is InChI=1S/C33H26N2/c1-22-13-16-26(17-14-22)33-27-18-15-23(2)19-29(27)32(35-33)21-31-28(24-9-5-3-6-10-24)20-30(34-31)25-11-7-4-8-12-25/h3-21,34H,1-2H3/b32-21-. The van der Waals surface area contributed by atoms with Gasteiger partial charge in [0.25, 0.3) is 0 Å². The van der Waals surface area contributed by atoms with Crippen molar-refractivity contribution in [2.45, 2.75) is 13.8 Å². The fourth-order valence-corrected chi connectivity index (χ4v) is 4.71. The lowest BCUT2D eigenvalue weighted by Crippen LogP contribution is -2.00. The molecule has 0 aliphatic carbocycles. The van der Waals surface area contributed by atoms with E-state index in [0.29, 0.717) is 0 Å². The van der Waals surface area contributed by atoms with Crippen LogP contribution in [0.1, 0.15) is 33.5 Å².